The molecule has 68 valence electrons. The molecule has 0 aromatic carbocycles. The van der Waals surface area contributed by atoms with Gasteiger partial charge in [-0.05, 0) is 18.1 Å². The minimum absolute atomic E-state index is 0.0393. The average molecular weight is 196 g/mol. The molecule has 0 saturated heterocycles. The van der Waals surface area contributed by atoms with E-state index in [1.165, 1.54) is 0 Å². The molecule has 0 aliphatic heterocycles. The van der Waals surface area contributed by atoms with Crippen molar-refractivity contribution in [3.05, 3.63) is 0 Å². The molecule has 0 unspecified atom stereocenters. The summed E-state index contributed by atoms with van der Waals surface area (Å²) in [5.41, 5.74) is 0. The fourth-order valence-corrected chi connectivity index (χ4v) is 2.91. The molecular weight excluding hydrogens is 180 g/mol. The van der Waals surface area contributed by atoms with Gasteiger partial charge in [0.15, 0.2) is 0 Å². The maximum atomic E-state index is 10.3. The van der Waals surface area contributed by atoms with Crippen LogP contribution < -0.4 is 0 Å². The van der Waals surface area contributed by atoms with Gasteiger partial charge in [-0.1, -0.05) is 20.8 Å². The molecule has 0 N–H and O–H groups in total. The largest absolute Gasteiger partial charge is 0.317 e. The summed E-state index contributed by atoms with van der Waals surface area (Å²) in [6.07, 6.45) is 0. The lowest BCUT2D eigenvalue weighted by Gasteiger charge is -2.33. The van der Waals surface area contributed by atoms with Gasteiger partial charge in [0.2, 0.25) is 19.3 Å². The van der Waals surface area contributed by atoms with Gasteiger partial charge in [0, 0.05) is 0 Å². The molecule has 0 aliphatic carbocycles. The molecule has 5 heteroatoms. The third-order valence-corrected chi connectivity index (χ3v) is 8.14. The van der Waals surface area contributed by atoms with Crippen LogP contribution in [0.15, 0.2) is 0 Å². The second-order valence-corrected chi connectivity index (χ2v) is 9.77. The maximum absolute atomic E-state index is 10.3. The third kappa shape index (κ3) is 3.35. The fraction of sp³-hybridized carbons (Fsp3) is 1.00. The van der Waals surface area contributed by atoms with Gasteiger partial charge in [-0.3, -0.25) is 0 Å². The van der Waals surface area contributed by atoms with E-state index in [1.807, 2.05) is 33.9 Å². The smallest absolute Gasteiger partial charge is 0.247 e. The molecule has 3 nitrogen and oxygen atoms in total. The van der Waals surface area contributed by atoms with Gasteiger partial charge in [-0.25, -0.2) is 8.42 Å². The molecule has 0 radical (unpaired) electrons. The maximum Gasteiger partial charge on any atom is 0.247 e. The summed E-state index contributed by atoms with van der Waals surface area (Å²) in [4.78, 5) is 0. The summed E-state index contributed by atoms with van der Waals surface area (Å²) < 4.78 is 25.5. The first-order valence-corrected chi connectivity index (χ1v) is 7.51. The Hall–Kier alpha value is 0.127. The Morgan fingerprint density at radius 1 is 1.18 bits per heavy atom. The van der Waals surface area contributed by atoms with Crippen LogP contribution in [0.1, 0.15) is 20.8 Å². The van der Waals surface area contributed by atoms with Gasteiger partial charge in [-0.2, -0.15) is 0 Å². The Labute approximate surface area is 71.0 Å². The highest BCUT2D eigenvalue weighted by molar-refractivity contribution is 7.68. The summed E-state index contributed by atoms with van der Waals surface area (Å²) in [6, 6.07) is 0. The van der Waals surface area contributed by atoms with Crippen molar-refractivity contribution in [1.29, 1.82) is 0 Å². The first kappa shape index (κ1) is 11.1. The van der Waals surface area contributed by atoms with Gasteiger partial charge in [-0.15, -0.1) is 0 Å². The monoisotopic (exact) mass is 196 g/mol. The minimum atomic E-state index is -2.69. The van der Waals surface area contributed by atoms with E-state index in [4.69, 9.17) is 3.87 Å². The van der Waals surface area contributed by atoms with E-state index in [0.29, 0.717) is 0 Å². The van der Waals surface area contributed by atoms with Crippen LogP contribution in [0.2, 0.25) is 18.1 Å². The van der Waals surface area contributed by atoms with E-state index in [1.54, 1.807) is 0 Å². The number of rotatable bonds is 2. The van der Waals surface area contributed by atoms with Gasteiger partial charge < -0.3 is 3.87 Å². The number of thiol groups is 1. The zero-order valence-corrected chi connectivity index (χ0v) is 9.57. The van der Waals surface area contributed by atoms with Crippen LogP contribution in [0.4, 0.5) is 0 Å². The fourth-order valence-electron chi connectivity index (χ4n) is 0.323. The lowest BCUT2D eigenvalue weighted by Crippen LogP contribution is -2.40. The van der Waals surface area contributed by atoms with Gasteiger partial charge in [0.25, 0.3) is 0 Å². The number of hydrogen-bond donors (Lipinski definition) is 1. The van der Waals surface area contributed by atoms with Crippen LogP contribution in [-0.2, 0) is 14.9 Å². The standard InChI is InChI=1S/C6H16O3SSi/c1-6(2,3)11(4,5)9-10(7)8/h10H,1-5H3. The van der Waals surface area contributed by atoms with Crippen molar-refractivity contribution < 1.29 is 12.3 Å². The molecule has 0 aromatic heterocycles. The highest BCUT2D eigenvalue weighted by Crippen LogP contribution is 2.36. The van der Waals surface area contributed by atoms with Crippen molar-refractivity contribution in [2.24, 2.45) is 0 Å². The van der Waals surface area contributed by atoms with E-state index >= 15 is 0 Å². The van der Waals surface area contributed by atoms with Crippen LogP contribution in [0.25, 0.3) is 0 Å². The number of hydrogen-bond acceptors (Lipinski definition) is 3. The molecule has 0 fully saturated rings. The molecule has 0 heterocycles. The van der Waals surface area contributed by atoms with E-state index < -0.39 is 19.3 Å². The molecule has 0 spiro atoms. The Morgan fingerprint density at radius 2 is 1.55 bits per heavy atom. The molecule has 0 aliphatic rings. The molecule has 0 bridgehead atoms. The minimum Gasteiger partial charge on any atom is -0.317 e. The lowest BCUT2D eigenvalue weighted by molar-refractivity contribution is 0.477. The highest BCUT2D eigenvalue weighted by atomic mass is 32.2. The molecule has 0 saturated carbocycles. The molecule has 0 amide bonds. The summed E-state index contributed by atoms with van der Waals surface area (Å²) in [5.74, 6) is 0. The van der Waals surface area contributed by atoms with Crippen molar-refractivity contribution in [3.63, 3.8) is 0 Å². The van der Waals surface area contributed by atoms with Crippen LogP contribution in [0, 0.1) is 0 Å². The highest BCUT2D eigenvalue weighted by Gasteiger charge is 2.38. The summed E-state index contributed by atoms with van der Waals surface area (Å²) in [6.45, 7) is 9.80. The van der Waals surface area contributed by atoms with E-state index in [2.05, 4.69) is 0 Å². The first-order valence-electron chi connectivity index (χ1n) is 3.50. The van der Waals surface area contributed by atoms with Crippen molar-refractivity contribution in [2.45, 2.75) is 38.9 Å². The zero-order chi connectivity index (χ0) is 9.28. The van der Waals surface area contributed by atoms with Crippen molar-refractivity contribution in [3.8, 4) is 0 Å². The van der Waals surface area contributed by atoms with Crippen molar-refractivity contribution in [2.75, 3.05) is 0 Å². The Balaban J connectivity index is 4.47. The summed E-state index contributed by atoms with van der Waals surface area (Å²) in [7, 11) is -4.76. The quantitative estimate of drug-likeness (QED) is 0.538. The second kappa shape index (κ2) is 3.24. The van der Waals surface area contributed by atoms with Gasteiger partial charge in [0.1, 0.15) is 0 Å². The summed E-state index contributed by atoms with van der Waals surface area (Å²) in [5, 5.41) is -0.0393. The third-order valence-electron chi connectivity index (χ3n) is 2.11. The van der Waals surface area contributed by atoms with E-state index in [0.717, 1.165) is 0 Å². The van der Waals surface area contributed by atoms with Gasteiger partial charge >= 0.3 is 0 Å². The Kier molecular flexibility index (Phi) is 3.28. The predicted octanol–water partition coefficient (Wildman–Crippen LogP) is 1.53. The normalized spacial score (nSPS) is 14.0. The summed E-state index contributed by atoms with van der Waals surface area (Å²) >= 11 is 0. The van der Waals surface area contributed by atoms with Crippen LogP contribution in [0.3, 0.4) is 0 Å². The molecule has 0 atom stereocenters. The topological polar surface area (TPSA) is 43.4 Å². The Morgan fingerprint density at radius 3 is 1.64 bits per heavy atom. The SMILES string of the molecule is CC(C)(C)[Si](C)(C)O[SH](=O)=O. The molecule has 0 rings (SSSR count). The van der Waals surface area contributed by atoms with E-state index in [9.17, 15) is 8.42 Å². The predicted molar refractivity (Wildman–Crippen MR) is 48.6 cm³/mol. The average Bonchev–Trinajstić information content (AvgIpc) is 1.56. The Bertz CT molecular complexity index is 194. The molecule has 11 heavy (non-hydrogen) atoms. The molecular formula is C6H16O3SSi. The first-order chi connectivity index (χ1) is 4.67. The lowest BCUT2D eigenvalue weighted by atomic mass is 10.2. The molecule has 0 aromatic rings. The van der Waals surface area contributed by atoms with Gasteiger partial charge in [0.05, 0.1) is 0 Å². The van der Waals surface area contributed by atoms with Crippen molar-refractivity contribution >= 4 is 19.3 Å². The second-order valence-electron chi connectivity index (χ2n) is 4.08. The zero-order valence-electron chi connectivity index (χ0n) is 7.67. The van der Waals surface area contributed by atoms with Crippen LogP contribution >= 0.6 is 0 Å². The van der Waals surface area contributed by atoms with Crippen LogP contribution in [0.5, 0.6) is 0 Å². The van der Waals surface area contributed by atoms with Crippen LogP contribution in [-0.4, -0.2) is 16.7 Å². The van der Waals surface area contributed by atoms with E-state index in [-0.39, 0.29) is 5.04 Å². The van der Waals surface area contributed by atoms with Crippen molar-refractivity contribution in [1.82, 2.24) is 0 Å².